The smallest absolute Gasteiger partial charge is 0.246 e. The summed E-state index contributed by atoms with van der Waals surface area (Å²) in [7, 11) is 0. The average Bonchev–Trinajstić information content (AvgIpc) is 2.77. The molecule has 4 rings (SSSR count). The highest BCUT2D eigenvalue weighted by atomic mass is 79.9. The number of halogens is 1. The fourth-order valence-electron chi connectivity index (χ4n) is 3.83. The summed E-state index contributed by atoms with van der Waals surface area (Å²) in [6.45, 7) is 4.22. The molecule has 0 unspecified atom stereocenters. The van der Waals surface area contributed by atoms with Crippen LogP contribution in [-0.2, 0) is 4.79 Å². The second kappa shape index (κ2) is 9.04. The standard InChI is InChI=1S/C24H24BrNO4/c1-16-2-3-17(20(25)14-16)5-7-23(27)26-10-8-18(9-11-26)24(28)19-4-6-21-22(15-19)30-13-12-29-21/h2-7,14-15,18H,8-13H2,1H3. The zero-order chi connectivity index (χ0) is 21.1. The summed E-state index contributed by atoms with van der Waals surface area (Å²) in [5.41, 5.74) is 2.78. The molecule has 2 heterocycles. The minimum absolute atomic E-state index is 0.0206. The van der Waals surface area contributed by atoms with Gasteiger partial charge in [-0.15, -0.1) is 0 Å². The minimum atomic E-state index is -0.0770. The summed E-state index contributed by atoms with van der Waals surface area (Å²) in [5, 5.41) is 0. The molecule has 2 aliphatic rings. The van der Waals surface area contributed by atoms with Gasteiger partial charge >= 0.3 is 0 Å². The summed E-state index contributed by atoms with van der Waals surface area (Å²) >= 11 is 3.53. The first-order chi connectivity index (χ1) is 14.5. The highest BCUT2D eigenvalue weighted by Gasteiger charge is 2.28. The zero-order valence-corrected chi connectivity index (χ0v) is 18.5. The van der Waals surface area contributed by atoms with Crippen LogP contribution in [0, 0.1) is 12.8 Å². The van der Waals surface area contributed by atoms with E-state index >= 15 is 0 Å². The molecule has 0 atom stereocenters. The molecule has 1 saturated heterocycles. The number of fused-ring (bicyclic) bond motifs is 1. The van der Waals surface area contributed by atoms with Crippen LogP contribution in [-0.4, -0.2) is 42.9 Å². The van der Waals surface area contributed by atoms with Crippen LogP contribution in [0.3, 0.4) is 0 Å². The SMILES string of the molecule is Cc1ccc(C=CC(=O)N2CCC(C(=O)c3ccc4c(c3)OCCO4)CC2)c(Br)c1. The van der Waals surface area contributed by atoms with E-state index < -0.39 is 0 Å². The maximum absolute atomic E-state index is 12.9. The number of hydrogen-bond donors (Lipinski definition) is 0. The molecule has 0 aliphatic carbocycles. The maximum Gasteiger partial charge on any atom is 0.246 e. The number of ether oxygens (including phenoxy) is 2. The van der Waals surface area contributed by atoms with E-state index in [1.807, 2.05) is 36.1 Å². The number of piperidine rings is 1. The summed E-state index contributed by atoms with van der Waals surface area (Å²) in [5.74, 6) is 1.33. The number of carbonyl (C=O) groups excluding carboxylic acids is 2. The lowest BCUT2D eigenvalue weighted by molar-refractivity contribution is -0.127. The van der Waals surface area contributed by atoms with Gasteiger partial charge in [-0.3, -0.25) is 9.59 Å². The molecular formula is C24H24BrNO4. The second-order valence-corrected chi connectivity index (χ2v) is 8.53. The van der Waals surface area contributed by atoms with Gasteiger partial charge in [0.25, 0.3) is 0 Å². The number of hydrogen-bond acceptors (Lipinski definition) is 4. The van der Waals surface area contributed by atoms with Crippen LogP contribution in [0.4, 0.5) is 0 Å². The van der Waals surface area contributed by atoms with Gasteiger partial charge in [-0.25, -0.2) is 0 Å². The Labute approximate surface area is 184 Å². The van der Waals surface area contributed by atoms with Gasteiger partial charge in [0.2, 0.25) is 5.91 Å². The van der Waals surface area contributed by atoms with Crippen molar-refractivity contribution in [2.75, 3.05) is 26.3 Å². The fraction of sp³-hybridized carbons (Fsp3) is 0.333. The molecule has 0 saturated carbocycles. The summed E-state index contributed by atoms with van der Waals surface area (Å²) in [6.07, 6.45) is 4.78. The largest absolute Gasteiger partial charge is 0.486 e. The van der Waals surface area contributed by atoms with Crippen LogP contribution < -0.4 is 9.47 Å². The van der Waals surface area contributed by atoms with Crippen LogP contribution in [0.2, 0.25) is 0 Å². The molecule has 5 nitrogen and oxygen atoms in total. The van der Waals surface area contributed by atoms with Crippen molar-refractivity contribution in [2.24, 2.45) is 5.92 Å². The van der Waals surface area contributed by atoms with Crippen LogP contribution in [0.25, 0.3) is 6.08 Å². The molecule has 30 heavy (non-hydrogen) atoms. The molecule has 0 spiro atoms. The van der Waals surface area contributed by atoms with Crippen LogP contribution in [0.1, 0.15) is 34.3 Å². The van der Waals surface area contributed by atoms with Crippen molar-refractivity contribution in [3.05, 3.63) is 63.6 Å². The van der Waals surface area contributed by atoms with Crippen molar-refractivity contribution in [2.45, 2.75) is 19.8 Å². The highest BCUT2D eigenvalue weighted by Crippen LogP contribution is 2.32. The third-order valence-electron chi connectivity index (χ3n) is 5.57. The Morgan fingerprint density at radius 2 is 1.77 bits per heavy atom. The number of carbonyl (C=O) groups is 2. The van der Waals surface area contributed by atoms with Gasteiger partial charge in [-0.2, -0.15) is 0 Å². The minimum Gasteiger partial charge on any atom is -0.486 e. The molecule has 0 aromatic heterocycles. The van der Waals surface area contributed by atoms with Gasteiger partial charge in [-0.05, 0) is 61.2 Å². The molecule has 1 fully saturated rings. The molecule has 156 valence electrons. The van der Waals surface area contributed by atoms with Crippen molar-refractivity contribution >= 4 is 33.7 Å². The lowest BCUT2D eigenvalue weighted by atomic mass is 9.88. The fourth-order valence-corrected chi connectivity index (χ4v) is 4.45. The highest BCUT2D eigenvalue weighted by molar-refractivity contribution is 9.10. The number of Topliss-reactive ketones (excluding diaryl/α,β-unsaturated/α-hetero) is 1. The number of ketones is 1. The van der Waals surface area contributed by atoms with E-state index in [4.69, 9.17) is 9.47 Å². The molecule has 1 amide bonds. The van der Waals surface area contributed by atoms with Crippen molar-refractivity contribution in [3.63, 3.8) is 0 Å². The summed E-state index contributed by atoms with van der Waals surface area (Å²) in [6, 6.07) is 11.4. The van der Waals surface area contributed by atoms with Crippen LogP contribution in [0.15, 0.2) is 46.9 Å². The van der Waals surface area contributed by atoms with E-state index in [0.29, 0.717) is 56.2 Å². The van der Waals surface area contributed by atoms with Crippen molar-refractivity contribution in [3.8, 4) is 11.5 Å². The molecule has 0 N–H and O–H groups in total. The predicted molar refractivity (Wildman–Crippen MR) is 119 cm³/mol. The summed E-state index contributed by atoms with van der Waals surface area (Å²) < 4.78 is 12.1. The Hall–Kier alpha value is -2.60. The monoisotopic (exact) mass is 469 g/mol. The maximum atomic E-state index is 12.9. The Kier molecular flexibility index (Phi) is 6.23. The number of aryl methyl sites for hydroxylation is 1. The number of rotatable bonds is 4. The van der Waals surface area contributed by atoms with E-state index in [0.717, 1.165) is 15.6 Å². The van der Waals surface area contributed by atoms with Crippen molar-refractivity contribution < 1.29 is 19.1 Å². The van der Waals surface area contributed by atoms with Crippen molar-refractivity contribution in [1.82, 2.24) is 4.90 Å². The van der Waals surface area contributed by atoms with Gasteiger partial charge in [-0.1, -0.05) is 28.1 Å². The van der Waals surface area contributed by atoms with Crippen molar-refractivity contribution in [1.29, 1.82) is 0 Å². The number of nitrogens with zero attached hydrogens (tertiary/aromatic N) is 1. The van der Waals surface area contributed by atoms with Gasteiger partial charge in [0.05, 0.1) is 0 Å². The van der Waals surface area contributed by atoms with Gasteiger partial charge in [0.15, 0.2) is 17.3 Å². The van der Waals surface area contributed by atoms with Gasteiger partial charge in [0, 0.05) is 35.1 Å². The van der Waals surface area contributed by atoms with Gasteiger partial charge < -0.3 is 14.4 Å². The number of amides is 1. The molecular weight excluding hydrogens is 446 g/mol. The molecule has 2 aliphatic heterocycles. The average molecular weight is 470 g/mol. The Morgan fingerprint density at radius 3 is 2.50 bits per heavy atom. The Bertz CT molecular complexity index is 993. The molecule has 2 aromatic carbocycles. The topological polar surface area (TPSA) is 55.8 Å². The Morgan fingerprint density at radius 1 is 1.03 bits per heavy atom. The first-order valence-corrected chi connectivity index (χ1v) is 11.0. The van der Waals surface area contributed by atoms with Crippen LogP contribution in [0.5, 0.6) is 11.5 Å². The second-order valence-electron chi connectivity index (χ2n) is 7.68. The van der Waals surface area contributed by atoms with Crippen LogP contribution >= 0.6 is 15.9 Å². The summed E-state index contributed by atoms with van der Waals surface area (Å²) in [4.78, 5) is 27.3. The van der Waals surface area contributed by atoms with E-state index in [2.05, 4.69) is 15.9 Å². The van der Waals surface area contributed by atoms with E-state index in [1.165, 1.54) is 0 Å². The quantitative estimate of drug-likeness (QED) is 0.482. The lowest BCUT2D eigenvalue weighted by Gasteiger charge is -2.30. The lowest BCUT2D eigenvalue weighted by Crippen LogP contribution is -2.39. The molecule has 6 heteroatoms. The van der Waals surface area contributed by atoms with E-state index in [1.54, 1.807) is 24.3 Å². The Balaban J connectivity index is 1.34. The third-order valence-corrected chi connectivity index (χ3v) is 6.25. The first-order valence-electron chi connectivity index (χ1n) is 10.2. The molecule has 2 aromatic rings. The number of likely N-dealkylation sites (tertiary alicyclic amines) is 1. The predicted octanol–water partition coefficient (Wildman–Crippen LogP) is 4.66. The molecule has 0 radical (unpaired) electrons. The van der Waals surface area contributed by atoms with E-state index in [-0.39, 0.29) is 17.6 Å². The first kappa shape index (κ1) is 20.7. The zero-order valence-electron chi connectivity index (χ0n) is 16.9. The molecule has 0 bridgehead atoms. The van der Waals surface area contributed by atoms with E-state index in [9.17, 15) is 9.59 Å². The third kappa shape index (κ3) is 4.59. The normalized spacial score (nSPS) is 16.7. The van der Waals surface area contributed by atoms with Gasteiger partial charge in [0.1, 0.15) is 13.2 Å². The number of benzene rings is 2.